The summed E-state index contributed by atoms with van der Waals surface area (Å²) in [6, 6.07) is 28.4. The van der Waals surface area contributed by atoms with Crippen LogP contribution in [-0.2, 0) is 13.0 Å². The van der Waals surface area contributed by atoms with E-state index in [9.17, 15) is 4.79 Å². The fourth-order valence-electron chi connectivity index (χ4n) is 4.24. The number of hydrogen-bond acceptors (Lipinski definition) is 3. The molecule has 0 saturated carbocycles. The van der Waals surface area contributed by atoms with Crippen molar-refractivity contribution < 1.29 is 9.53 Å². The molecule has 0 atom stereocenters. The second-order valence-electron chi connectivity index (χ2n) is 8.45. The highest BCUT2D eigenvalue weighted by Crippen LogP contribution is 2.22. The van der Waals surface area contributed by atoms with Gasteiger partial charge in [0, 0.05) is 18.5 Å². The molecule has 0 aliphatic carbocycles. The Kier molecular flexibility index (Phi) is 7.51. The predicted octanol–water partition coefficient (Wildman–Crippen LogP) is 5.79. The van der Waals surface area contributed by atoms with Crippen LogP contribution in [-0.4, -0.2) is 30.3 Å². The molecular weight excluding hydrogens is 382 g/mol. The van der Waals surface area contributed by atoms with Crippen molar-refractivity contribution in [3.05, 3.63) is 102 Å². The van der Waals surface area contributed by atoms with E-state index in [0.29, 0.717) is 13.0 Å². The van der Waals surface area contributed by atoms with Gasteiger partial charge in [-0.15, -0.1) is 0 Å². The van der Waals surface area contributed by atoms with Crippen molar-refractivity contribution in [1.29, 1.82) is 0 Å². The van der Waals surface area contributed by atoms with Crippen LogP contribution in [0, 0.1) is 5.92 Å². The van der Waals surface area contributed by atoms with Crippen LogP contribution in [0.1, 0.15) is 40.7 Å². The maximum Gasteiger partial charge on any atom is 0.164 e. The number of carbonyl (C=O) groups is 1. The third kappa shape index (κ3) is 6.53. The van der Waals surface area contributed by atoms with Crippen LogP contribution in [0.5, 0.6) is 5.75 Å². The zero-order chi connectivity index (χ0) is 21.3. The first-order valence-electron chi connectivity index (χ1n) is 11.3. The fraction of sp³-hybridized carbons (Fsp3) is 0.321. The first-order valence-corrected chi connectivity index (χ1v) is 11.3. The number of carbonyl (C=O) groups excluding carboxylic acids is 1. The molecule has 3 aromatic rings. The molecule has 31 heavy (non-hydrogen) atoms. The first-order chi connectivity index (χ1) is 15.3. The minimum absolute atomic E-state index is 0.209. The zero-order valence-electron chi connectivity index (χ0n) is 18.1. The standard InChI is InChI=1S/C28H31NO2/c30-28(26-11-13-27(14-12-26)31-22-25-9-5-2-6-10-25)17-20-29-18-15-24(16-19-29)21-23-7-3-1-4-8-23/h1-14,24H,15-22H2. The van der Waals surface area contributed by atoms with Gasteiger partial charge >= 0.3 is 0 Å². The van der Waals surface area contributed by atoms with Crippen molar-refractivity contribution in [2.24, 2.45) is 5.92 Å². The summed E-state index contributed by atoms with van der Waals surface area (Å²) < 4.78 is 5.81. The summed E-state index contributed by atoms with van der Waals surface area (Å²) in [5, 5.41) is 0. The highest BCUT2D eigenvalue weighted by atomic mass is 16.5. The average molecular weight is 414 g/mol. The number of ether oxygens (including phenoxy) is 1. The largest absolute Gasteiger partial charge is 0.489 e. The van der Waals surface area contributed by atoms with E-state index in [2.05, 4.69) is 35.2 Å². The number of rotatable bonds is 9. The molecule has 0 N–H and O–H groups in total. The number of nitrogens with zero attached hydrogens (tertiary/aromatic N) is 1. The summed E-state index contributed by atoms with van der Waals surface area (Å²) in [6.45, 7) is 3.57. The fourth-order valence-corrected chi connectivity index (χ4v) is 4.24. The number of likely N-dealkylation sites (tertiary alicyclic amines) is 1. The molecule has 3 nitrogen and oxygen atoms in total. The minimum Gasteiger partial charge on any atom is -0.489 e. The van der Waals surface area contributed by atoms with Gasteiger partial charge in [0.2, 0.25) is 0 Å². The van der Waals surface area contributed by atoms with Crippen molar-refractivity contribution in [1.82, 2.24) is 4.90 Å². The third-order valence-electron chi connectivity index (χ3n) is 6.15. The summed E-state index contributed by atoms with van der Waals surface area (Å²) in [6.07, 6.45) is 4.19. The van der Waals surface area contributed by atoms with Gasteiger partial charge in [-0.3, -0.25) is 4.79 Å². The molecule has 1 aliphatic heterocycles. The second-order valence-corrected chi connectivity index (χ2v) is 8.45. The van der Waals surface area contributed by atoms with Crippen LogP contribution in [0.15, 0.2) is 84.9 Å². The molecule has 1 heterocycles. The van der Waals surface area contributed by atoms with E-state index in [1.165, 1.54) is 24.8 Å². The molecule has 3 aromatic carbocycles. The van der Waals surface area contributed by atoms with Gasteiger partial charge in [-0.2, -0.15) is 0 Å². The van der Waals surface area contributed by atoms with Crippen LogP contribution >= 0.6 is 0 Å². The van der Waals surface area contributed by atoms with Crippen LogP contribution < -0.4 is 4.74 Å². The van der Waals surface area contributed by atoms with E-state index in [1.54, 1.807) is 0 Å². The topological polar surface area (TPSA) is 29.5 Å². The number of piperidine rings is 1. The molecule has 1 saturated heterocycles. The molecule has 0 bridgehead atoms. The van der Waals surface area contributed by atoms with E-state index in [0.717, 1.165) is 42.4 Å². The van der Waals surface area contributed by atoms with Gasteiger partial charge in [0.25, 0.3) is 0 Å². The van der Waals surface area contributed by atoms with Gasteiger partial charge in [0.1, 0.15) is 12.4 Å². The van der Waals surface area contributed by atoms with E-state index in [-0.39, 0.29) is 5.78 Å². The first kappa shape index (κ1) is 21.3. The Balaban J connectivity index is 1.18. The van der Waals surface area contributed by atoms with Crippen molar-refractivity contribution in [2.45, 2.75) is 32.3 Å². The van der Waals surface area contributed by atoms with Crippen LogP contribution in [0.25, 0.3) is 0 Å². The highest BCUT2D eigenvalue weighted by Gasteiger charge is 2.20. The smallest absolute Gasteiger partial charge is 0.164 e. The van der Waals surface area contributed by atoms with E-state index in [4.69, 9.17) is 4.74 Å². The normalized spacial score (nSPS) is 15.0. The van der Waals surface area contributed by atoms with E-state index in [1.807, 2.05) is 54.6 Å². The van der Waals surface area contributed by atoms with Gasteiger partial charge in [-0.1, -0.05) is 60.7 Å². The van der Waals surface area contributed by atoms with Crippen molar-refractivity contribution in [3.8, 4) is 5.75 Å². The molecule has 3 heteroatoms. The summed E-state index contributed by atoms with van der Waals surface area (Å²) >= 11 is 0. The minimum atomic E-state index is 0.209. The van der Waals surface area contributed by atoms with Crippen molar-refractivity contribution in [2.75, 3.05) is 19.6 Å². The summed E-state index contributed by atoms with van der Waals surface area (Å²) in [7, 11) is 0. The quantitative estimate of drug-likeness (QED) is 0.416. The molecule has 0 unspecified atom stereocenters. The Bertz CT molecular complexity index is 930. The number of hydrogen-bond donors (Lipinski definition) is 0. The highest BCUT2D eigenvalue weighted by molar-refractivity contribution is 5.96. The van der Waals surface area contributed by atoms with Crippen molar-refractivity contribution >= 4 is 5.78 Å². The third-order valence-corrected chi connectivity index (χ3v) is 6.15. The Labute approximate surface area is 185 Å². The van der Waals surface area contributed by atoms with Crippen LogP contribution in [0.3, 0.4) is 0 Å². The van der Waals surface area contributed by atoms with Gasteiger partial charge in [-0.05, 0) is 73.7 Å². The SMILES string of the molecule is O=C(CCN1CCC(Cc2ccccc2)CC1)c1ccc(OCc2ccccc2)cc1. The van der Waals surface area contributed by atoms with Crippen LogP contribution in [0.2, 0.25) is 0 Å². The maximum atomic E-state index is 12.6. The van der Waals surface area contributed by atoms with Gasteiger partial charge in [0.15, 0.2) is 5.78 Å². The molecule has 1 aliphatic rings. The lowest BCUT2D eigenvalue weighted by Crippen LogP contribution is -2.35. The Hall–Kier alpha value is -2.91. The Morgan fingerprint density at radius 2 is 1.42 bits per heavy atom. The van der Waals surface area contributed by atoms with Gasteiger partial charge in [0.05, 0.1) is 0 Å². The van der Waals surface area contributed by atoms with E-state index < -0.39 is 0 Å². The summed E-state index contributed by atoms with van der Waals surface area (Å²) in [5.41, 5.74) is 3.34. The summed E-state index contributed by atoms with van der Waals surface area (Å²) in [5.74, 6) is 1.76. The molecular formula is C28H31NO2. The molecule has 0 aromatic heterocycles. The lowest BCUT2D eigenvalue weighted by Gasteiger charge is -2.31. The lowest BCUT2D eigenvalue weighted by atomic mass is 9.90. The van der Waals surface area contributed by atoms with E-state index >= 15 is 0 Å². The molecule has 1 fully saturated rings. The lowest BCUT2D eigenvalue weighted by molar-refractivity contribution is 0.0951. The monoisotopic (exact) mass is 413 g/mol. The van der Waals surface area contributed by atoms with Gasteiger partial charge in [-0.25, -0.2) is 0 Å². The molecule has 0 amide bonds. The zero-order valence-corrected chi connectivity index (χ0v) is 18.1. The summed E-state index contributed by atoms with van der Waals surface area (Å²) in [4.78, 5) is 15.1. The number of ketones is 1. The number of benzene rings is 3. The van der Waals surface area contributed by atoms with Crippen LogP contribution in [0.4, 0.5) is 0 Å². The maximum absolute atomic E-state index is 12.6. The molecule has 160 valence electrons. The van der Waals surface area contributed by atoms with Gasteiger partial charge < -0.3 is 9.64 Å². The van der Waals surface area contributed by atoms with Crippen molar-refractivity contribution in [3.63, 3.8) is 0 Å². The number of Topliss-reactive ketones (excluding diaryl/α,β-unsaturated/α-hetero) is 1. The predicted molar refractivity (Wildman–Crippen MR) is 125 cm³/mol. The molecule has 0 radical (unpaired) electrons. The average Bonchev–Trinajstić information content (AvgIpc) is 2.84. The Morgan fingerprint density at radius 1 is 0.806 bits per heavy atom. The molecule has 0 spiro atoms. The molecule has 4 rings (SSSR count). The Morgan fingerprint density at radius 3 is 2.06 bits per heavy atom. The second kappa shape index (κ2) is 10.9.